The molecule has 2 aromatic rings. The second kappa shape index (κ2) is 12.5. The fraction of sp³-hybridized carbons (Fsp3) is 0.571. The summed E-state index contributed by atoms with van der Waals surface area (Å²) in [6, 6.07) is 4.25. The molecule has 0 bridgehead atoms. The largest absolute Gasteiger partial charge is 0.375 e. The standard InChI is InChI=1S/C21H33N7OS.HI/c1-16(29-5)20-25-18(15-30-20)14-27(4)21(22-2)24-13-17-6-7-19(23-12-17)28-10-8-26(3)9-11-28;/h6-7,12,15-16H,8-11,13-14H2,1-5H3,(H,22,24);1H. The summed E-state index contributed by atoms with van der Waals surface area (Å²) in [7, 11) is 7.68. The molecule has 1 saturated heterocycles. The number of aromatic nitrogens is 2. The van der Waals surface area contributed by atoms with Gasteiger partial charge in [-0.2, -0.15) is 0 Å². The van der Waals surface area contributed by atoms with Gasteiger partial charge in [0.2, 0.25) is 0 Å². The van der Waals surface area contributed by atoms with Gasteiger partial charge in [-0.15, -0.1) is 35.3 Å². The number of ether oxygens (including phenoxy) is 1. The predicted octanol–water partition coefficient (Wildman–Crippen LogP) is 2.82. The molecular formula is C21H34IN7OS. The maximum Gasteiger partial charge on any atom is 0.194 e. The third kappa shape index (κ3) is 7.26. The van der Waals surface area contributed by atoms with Gasteiger partial charge in [0, 0.05) is 65.5 Å². The molecule has 1 atom stereocenters. The van der Waals surface area contributed by atoms with Gasteiger partial charge in [-0.05, 0) is 25.6 Å². The Labute approximate surface area is 206 Å². The number of rotatable bonds is 7. The maximum absolute atomic E-state index is 5.35. The highest BCUT2D eigenvalue weighted by Gasteiger charge is 2.15. The Balaban J connectivity index is 0.00000341. The van der Waals surface area contributed by atoms with Crippen LogP contribution in [0.25, 0.3) is 0 Å². The summed E-state index contributed by atoms with van der Waals surface area (Å²) in [5, 5.41) is 6.49. The van der Waals surface area contributed by atoms with Gasteiger partial charge in [0.25, 0.3) is 0 Å². The van der Waals surface area contributed by atoms with E-state index in [1.807, 2.05) is 20.2 Å². The first-order valence-corrected chi connectivity index (χ1v) is 11.2. The molecule has 10 heteroatoms. The van der Waals surface area contributed by atoms with Crippen LogP contribution in [-0.2, 0) is 17.8 Å². The van der Waals surface area contributed by atoms with Crippen LogP contribution in [-0.4, -0.2) is 80.2 Å². The van der Waals surface area contributed by atoms with Crippen molar-refractivity contribution in [3.8, 4) is 0 Å². The predicted molar refractivity (Wildman–Crippen MR) is 139 cm³/mol. The molecule has 0 aliphatic carbocycles. The highest BCUT2D eigenvalue weighted by atomic mass is 127. The molecule has 0 aromatic carbocycles. The Bertz CT molecular complexity index is 821. The van der Waals surface area contributed by atoms with Crippen LogP contribution in [0.4, 0.5) is 5.82 Å². The molecule has 31 heavy (non-hydrogen) atoms. The van der Waals surface area contributed by atoms with Gasteiger partial charge in [0.1, 0.15) is 16.9 Å². The van der Waals surface area contributed by atoms with Crippen LogP contribution in [0.5, 0.6) is 0 Å². The van der Waals surface area contributed by atoms with Crippen LogP contribution in [0, 0.1) is 0 Å². The molecule has 1 fully saturated rings. The number of likely N-dealkylation sites (N-methyl/N-ethyl adjacent to an activating group) is 1. The maximum atomic E-state index is 5.35. The number of nitrogens with one attached hydrogen (secondary N) is 1. The number of methoxy groups -OCH3 is 1. The van der Waals surface area contributed by atoms with E-state index in [1.165, 1.54) is 0 Å². The number of thiazole rings is 1. The highest BCUT2D eigenvalue weighted by molar-refractivity contribution is 14.0. The molecule has 1 unspecified atom stereocenters. The number of nitrogens with zero attached hydrogens (tertiary/aromatic N) is 6. The zero-order valence-electron chi connectivity index (χ0n) is 19.0. The first-order chi connectivity index (χ1) is 14.5. The molecule has 1 aliphatic rings. The van der Waals surface area contributed by atoms with Crippen molar-refractivity contribution in [1.82, 2.24) is 25.1 Å². The van der Waals surface area contributed by atoms with Crippen molar-refractivity contribution >= 4 is 47.1 Å². The molecule has 1 N–H and O–H groups in total. The quantitative estimate of drug-likeness (QED) is 0.318. The summed E-state index contributed by atoms with van der Waals surface area (Å²) in [6.45, 7) is 7.59. The van der Waals surface area contributed by atoms with Gasteiger partial charge in [0.15, 0.2) is 5.96 Å². The molecular weight excluding hydrogens is 525 g/mol. The first kappa shape index (κ1) is 25.8. The number of hydrogen-bond donors (Lipinski definition) is 1. The monoisotopic (exact) mass is 559 g/mol. The molecule has 172 valence electrons. The smallest absolute Gasteiger partial charge is 0.194 e. The summed E-state index contributed by atoms with van der Waals surface area (Å²) in [4.78, 5) is 20.5. The van der Waals surface area contributed by atoms with Crippen LogP contribution in [0.1, 0.15) is 29.3 Å². The van der Waals surface area contributed by atoms with Gasteiger partial charge < -0.3 is 24.8 Å². The van der Waals surface area contributed by atoms with Crippen molar-refractivity contribution in [3.63, 3.8) is 0 Å². The molecule has 0 amide bonds. The molecule has 0 spiro atoms. The molecule has 8 nitrogen and oxygen atoms in total. The fourth-order valence-electron chi connectivity index (χ4n) is 3.31. The number of guanidine groups is 1. The van der Waals surface area contributed by atoms with E-state index in [-0.39, 0.29) is 30.1 Å². The van der Waals surface area contributed by atoms with E-state index in [4.69, 9.17) is 4.74 Å². The minimum absolute atomic E-state index is 0. The Morgan fingerprint density at radius 2 is 2.06 bits per heavy atom. The number of anilines is 1. The fourth-order valence-corrected chi connectivity index (χ4v) is 4.15. The van der Waals surface area contributed by atoms with Gasteiger partial charge in [0.05, 0.1) is 12.2 Å². The van der Waals surface area contributed by atoms with Crippen molar-refractivity contribution in [1.29, 1.82) is 0 Å². The zero-order valence-corrected chi connectivity index (χ0v) is 22.2. The Morgan fingerprint density at radius 1 is 1.32 bits per heavy atom. The Hall–Kier alpha value is -1.50. The van der Waals surface area contributed by atoms with E-state index in [1.54, 1.807) is 25.5 Å². The summed E-state index contributed by atoms with van der Waals surface area (Å²) in [6.07, 6.45) is 1.97. The lowest BCUT2D eigenvalue weighted by Gasteiger charge is -2.33. The van der Waals surface area contributed by atoms with Gasteiger partial charge in [-0.3, -0.25) is 4.99 Å². The van der Waals surface area contributed by atoms with Crippen molar-refractivity contribution in [3.05, 3.63) is 40.0 Å². The number of pyridine rings is 1. The van der Waals surface area contributed by atoms with Crippen molar-refractivity contribution in [2.45, 2.75) is 26.1 Å². The number of hydrogen-bond acceptors (Lipinski definition) is 7. The minimum atomic E-state index is 0. The molecule has 1 aliphatic heterocycles. The van der Waals surface area contributed by atoms with Crippen LogP contribution in [0.15, 0.2) is 28.7 Å². The minimum Gasteiger partial charge on any atom is -0.375 e. The molecule has 3 rings (SSSR count). The lowest BCUT2D eigenvalue weighted by molar-refractivity contribution is 0.119. The van der Waals surface area contributed by atoms with E-state index in [0.717, 1.165) is 54.2 Å². The van der Waals surface area contributed by atoms with Crippen LogP contribution in [0.3, 0.4) is 0 Å². The second-order valence-corrected chi connectivity index (χ2v) is 8.52. The van der Waals surface area contributed by atoms with E-state index < -0.39 is 0 Å². The third-order valence-electron chi connectivity index (χ3n) is 5.33. The summed E-state index contributed by atoms with van der Waals surface area (Å²) >= 11 is 1.63. The summed E-state index contributed by atoms with van der Waals surface area (Å²) < 4.78 is 5.35. The number of aliphatic imine (C=N–C) groups is 1. The Kier molecular flexibility index (Phi) is 10.4. The zero-order chi connectivity index (χ0) is 21.5. The molecule has 2 aromatic heterocycles. The average molecular weight is 560 g/mol. The second-order valence-electron chi connectivity index (χ2n) is 7.63. The summed E-state index contributed by atoms with van der Waals surface area (Å²) in [5.41, 5.74) is 2.15. The van der Waals surface area contributed by atoms with Crippen molar-refractivity contribution < 1.29 is 4.74 Å². The Morgan fingerprint density at radius 3 is 2.68 bits per heavy atom. The van der Waals surface area contributed by atoms with Gasteiger partial charge in [-0.1, -0.05) is 6.07 Å². The lowest BCUT2D eigenvalue weighted by Crippen LogP contribution is -2.44. The molecule has 0 radical (unpaired) electrons. The van der Waals surface area contributed by atoms with Crippen LogP contribution >= 0.6 is 35.3 Å². The van der Waals surface area contributed by atoms with E-state index in [9.17, 15) is 0 Å². The first-order valence-electron chi connectivity index (χ1n) is 10.3. The highest BCUT2D eigenvalue weighted by Crippen LogP contribution is 2.21. The summed E-state index contributed by atoms with van der Waals surface area (Å²) in [5.74, 6) is 1.88. The van der Waals surface area contributed by atoms with Gasteiger partial charge >= 0.3 is 0 Å². The molecule has 0 saturated carbocycles. The van der Waals surface area contributed by atoms with E-state index in [2.05, 4.69) is 59.5 Å². The SMILES string of the molecule is CN=C(NCc1ccc(N2CCN(C)CC2)nc1)N(C)Cc1csc(C(C)OC)n1.I. The van der Waals surface area contributed by atoms with E-state index >= 15 is 0 Å². The lowest BCUT2D eigenvalue weighted by atomic mass is 10.2. The normalized spacial score (nSPS) is 16.0. The van der Waals surface area contributed by atoms with Crippen LogP contribution < -0.4 is 10.2 Å². The third-order valence-corrected chi connectivity index (χ3v) is 6.39. The number of piperazine rings is 1. The molecule has 3 heterocycles. The van der Waals surface area contributed by atoms with E-state index in [0.29, 0.717) is 13.1 Å². The van der Waals surface area contributed by atoms with Crippen LogP contribution in [0.2, 0.25) is 0 Å². The average Bonchev–Trinajstić information content (AvgIpc) is 3.23. The topological polar surface area (TPSA) is 69.1 Å². The van der Waals surface area contributed by atoms with Gasteiger partial charge in [-0.25, -0.2) is 9.97 Å². The van der Waals surface area contributed by atoms with Crippen molar-refractivity contribution in [2.24, 2.45) is 4.99 Å². The van der Waals surface area contributed by atoms with Crippen molar-refractivity contribution in [2.75, 3.05) is 59.3 Å². The number of halogens is 1.